The lowest BCUT2D eigenvalue weighted by molar-refractivity contribution is -0.136. The number of hydrogen-bond acceptors (Lipinski definition) is 6. The van der Waals surface area contributed by atoms with E-state index in [1.807, 2.05) is 26.0 Å². The molecule has 3 rings (SSSR count). The summed E-state index contributed by atoms with van der Waals surface area (Å²) in [6.45, 7) is 5.55. The van der Waals surface area contributed by atoms with E-state index < -0.39 is 17.7 Å². The highest BCUT2D eigenvalue weighted by atomic mass is 35.5. The molecule has 0 amide bonds. The predicted octanol–water partition coefficient (Wildman–Crippen LogP) is 4.93. The van der Waals surface area contributed by atoms with Crippen LogP contribution in [0.25, 0.3) is 0 Å². The van der Waals surface area contributed by atoms with Crippen LogP contribution in [0.5, 0.6) is 5.75 Å². The molecule has 0 bridgehead atoms. The van der Waals surface area contributed by atoms with Crippen molar-refractivity contribution >= 4 is 17.6 Å². The fourth-order valence-electron chi connectivity index (χ4n) is 3.70. The van der Waals surface area contributed by atoms with Crippen molar-refractivity contribution in [3.8, 4) is 11.8 Å². The standard InChI is InChI=1S/C24H22ClFN2O4/c1-12-7-13(2)17(8-15(12)11-31-20-6-5-16(26)9-19(20)25)22-18(10-27)23(28)32-14(3)21(22)24(29)30-4/h5-9,22H,11,28H2,1-4H3/t22-/m1/s1. The van der Waals surface area contributed by atoms with Gasteiger partial charge in [0, 0.05) is 0 Å². The normalized spacial score (nSPS) is 15.8. The maximum absolute atomic E-state index is 13.3. The van der Waals surface area contributed by atoms with E-state index in [9.17, 15) is 14.4 Å². The number of nitriles is 1. The summed E-state index contributed by atoms with van der Waals surface area (Å²) in [5.41, 5.74) is 9.59. The lowest BCUT2D eigenvalue weighted by atomic mass is 9.80. The Bertz CT molecular complexity index is 1200. The van der Waals surface area contributed by atoms with Gasteiger partial charge in [0.1, 0.15) is 35.6 Å². The summed E-state index contributed by atoms with van der Waals surface area (Å²) in [7, 11) is 1.26. The van der Waals surface area contributed by atoms with Gasteiger partial charge in [0.2, 0.25) is 5.88 Å². The van der Waals surface area contributed by atoms with Crippen LogP contribution in [0, 0.1) is 31.0 Å². The molecule has 6 nitrogen and oxygen atoms in total. The van der Waals surface area contributed by atoms with Crippen LogP contribution in [-0.2, 0) is 20.9 Å². The van der Waals surface area contributed by atoms with E-state index in [0.717, 1.165) is 16.7 Å². The van der Waals surface area contributed by atoms with Crippen molar-refractivity contribution in [1.82, 2.24) is 0 Å². The van der Waals surface area contributed by atoms with Crippen LogP contribution in [-0.4, -0.2) is 13.1 Å². The Morgan fingerprint density at radius 3 is 2.59 bits per heavy atom. The van der Waals surface area contributed by atoms with Crippen LogP contribution in [0.1, 0.15) is 35.1 Å². The van der Waals surface area contributed by atoms with E-state index in [0.29, 0.717) is 11.3 Å². The molecule has 32 heavy (non-hydrogen) atoms. The van der Waals surface area contributed by atoms with Gasteiger partial charge < -0.3 is 19.9 Å². The maximum atomic E-state index is 13.3. The van der Waals surface area contributed by atoms with Crippen molar-refractivity contribution in [2.24, 2.45) is 5.73 Å². The summed E-state index contributed by atoms with van der Waals surface area (Å²) < 4.78 is 29.5. The van der Waals surface area contributed by atoms with Crippen LogP contribution < -0.4 is 10.5 Å². The molecule has 0 aromatic heterocycles. The number of rotatable bonds is 5. The first-order valence-corrected chi connectivity index (χ1v) is 10.1. The highest BCUT2D eigenvalue weighted by molar-refractivity contribution is 6.32. The molecule has 1 atom stereocenters. The molecule has 2 N–H and O–H groups in total. The van der Waals surface area contributed by atoms with E-state index in [2.05, 4.69) is 6.07 Å². The Morgan fingerprint density at radius 1 is 1.25 bits per heavy atom. The molecule has 0 fully saturated rings. The highest BCUT2D eigenvalue weighted by Crippen LogP contribution is 2.41. The molecule has 0 radical (unpaired) electrons. The van der Waals surface area contributed by atoms with Crippen molar-refractivity contribution in [2.45, 2.75) is 33.3 Å². The second kappa shape index (κ2) is 9.33. The van der Waals surface area contributed by atoms with Crippen molar-refractivity contribution in [3.63, 3.8) is 0 Å². The van der Waals surface area contributed by atoms with E-state index in [4.69, 9.17) is 31.5 Å². The van der Waals surface area contributed by atoms with Gasteiger partial charge >= 0.3 is 5.97 Å². The molecule has 0 unspecified atom stereocenters. The molecule has 8 heteroatoms. The summed E-state index contributed by atoms with van der Waals surface area (Å²) in [5, 5.41) is 9.92. The largest absolute Gasteiger partial charge is 0.487 e. The number of aryl methyl sites for hydroxylation is 2. The first kappa shape index (κ1) is 23.2. The fraction of sp³-hybridized carbons (Fsp3) is 0.250. The number of esters is 1. The van der Waals surface area contributed by atoms with Gasteiger partial charge in [0.25, 0.3) is 0 Å². The van der Waals surface area contributed by atoms with Crippen molar-refractivity contribution < 1.29 is 23.4 Å². The monoisotopic (exact) mass is 456 g/mol. The zero-order valence-corrected chi connectivity index (χ0v) is 18.8. The number of halogens is 2. The van der Waals surface area contributed by atoms with Crippen molar-refractivity contribution in [1.29, 1.82) is 5.26 Å². The third kappa shape index (κ3) is 4.41. The molecule has 1 aliphatic heterocycles. The van der Waals surface area contributed by atoms with Gasteiger partial charge in [-0.3, -0.25) is 0 Å². The molecule has 0 spiro atoms. The molecule has 2 aromatic rings. The van der Waals surface area contributed by atoms with Gasteiger partial charge in [0.05, 0.1) is 23.6 Å². The molecule has 2 aromatic carbocycles. The number of hydrogen-bond donors (Lipinski definition) is 1. The summed E-state index contributed by atoms with van der Waals surface area (Å²) in [4.78, 5) is 12.6. The lowest BCUT2D eigenvalue weighted by Crippen LogP contribution is -2.25. The summed E-state index contributed by atoms with van der Waals surface area (Å²) in [5.74, 6) is -1.26. The first-order chi connectivity index (χ1) is 15.2. The smallest absolute Gasteiger partial charge is 0.338 e. The number of benzene rings is 2. The number of methoxy groups -OCH3 is 1. The minimum Gasteiger partial charge on any atom is -0.487 e. The molecule has 0 saturated carbocycles. The number of carbonyl (C=O) groups excluding carboxylic acids is 1. The Morgan fingerprint density at radius 2 is 1.97 bits per heavy atom. The Hall–Kier alpha value is -3.50. The summed E-state index contributed by atoms with van der Waals surface area (Å²) >= 11 is 6.06. The van der Waals surface area contributed by atoms with Crippen LogP contribution in [0.3, 0.4) is 0 Å². The minimum absolute atomic E-state index is 0.0569. The lowest BCUT2D eigenvalue weighted by Gasteiger charge is -2.28. The quantitative estimate of drug-likeness (QED) is 0.641. The van der Waals surface area contributed by atoms with Gasteiger partial charge in [-0.2, -0.15) is 5.26 Å². The molecular formula is C24H22ClFN2O4. The zero-order chi connectivity index (χ0) is 23.6. The molecule has 0 saturated heterocycles. The van der Waals surface area contributed by atoms with Crippen LogP contribution in [0.2, 0.25) is 5.02 Å². The summed E-state index contributed by atoms with van der Waals surface area (Å²) in [6, 6.07) is 9.76. The molecule has 1 aliphatic rings. The third-order valence-electron chi connectivity index (χ3n) is 5.32. The SMILES string of the molecule is COC(=O)C1=C(C)OC(N)=C(C#N)[C@H]1c1cc(COc2ccc(F)cc2Cl)c(C)cc1C. The average Bonchev–Trinajstić information content (AvgIpc) is 2.73. The topological polar surface area (TPSA) is 94.6 Å². The predicted molar refractivity (Wildman–Crippen MR) is 117 cm³/mol. The van der Waals surface area contributed by atoms with Gasteiger partial charge in [-0.15, -0.1) is 0 Å². The third-order valence-corrected chi connectivity index (χ3v) is 5.62. The highest BCUT2D eigenvalue weighted by Gasteiger charge is 2.37. The Labute approximate surface area is 190 Å². The van der Waals surface area contributed by atoms with Crippen LogP contribution in [0.15, 0.2) is 53.1 Å². The van der Waals surface area contributed by atoms with Gasteiger partial charge in [-0.25, -0.2) is 9.18 Å². The zero-order valence-electron chi connectivity index (χ0n) is 18.1. The molecular weight excluding hydrogens is 435 g/mol. The maximum Gasteiger partial charge on any atom is 0.338 e. The number of nitrogens with two attached hydrogens (primary N) is 1. The van der Waals surface area contributed by atoms with Gasteiger partial charge in [0.15, 0.2) is 0 Å². The second-order valence-corrected chi connectivity index (χ2v) is 7.79. The number of ether oxygens (including phenoxy) is 3. The Balaban J connectivity index is 2.07. The Kier molecular flexibility index (Phi) is 6.75. The molecule has 1 heterocycles. The summed E-state index contributed by atoms with van der Waals surface area (Å²) in [6.07, 6.45) is 0. The van der Waals surface area contributed by atoms with Gasteiger partial charge in [-0.05, 0) is 61.2 Å². The van der Waals surface area contributed by atoms with E-state index in [1.165, 1.54) is 25.3 Å². The molecule has 166 valence electrons. The second-order valence-electron chi connectivity index (χ2n) is 7.38. The van der Waals surface area contributed by atoms with Crippen LogP contribution in [0.4, 0.5) is 4.39 Å². The van der Waals surface area contributed by atoms with E-state index >= 15 is 0 Å². The number of allylic oxidation sites excluding steroid dienone is 2. The average molecular weight is 457 g/mol. The van der Waals surface area contributed by atoms with Crippen molar-refractivity contribution in [2.75, 3.05) is 7.11 Å². The van der Waals surface area contributed by atoms with Crippen LogP contribution >= 0.6 is 11.6 Å². The number of nitrogens with zero attached hydrogens (tertiary/aromatic N) is 1. The van der Waals surface area contributed by atoms with Crippen molar-refractivity contribution in [3.05, 3.63) is 86.2 Å². The fourth-order valence-corrected chi connectivity index (χ4v) is 3.92. The van der Waals surface area contributed by atoms with Gasteiger partial charge in [-0.1, -0.05) is 23.7 Å². The minimum atomic E-state index is -0.755. The van der Waals surface area contributed by atoms with E-state index in [1.54, 1.807) is 6.92 Å². The molecule has 0 aliphatic carbocycles. The number of carbonyl (C=O) groups is 1. The first-order valence-electron chi connectivity index (χ1n) is 9.72. The van der Waals surface area contributed by atoms with E-state index in [-0.39, 0.29) is 34.4 Å².